The Balaban J connectivity index is 2.75. The molecule has 0 radical (unpaired) electrons. The fourth-order valence-corrected chi connectivity index (χ4v) is 1.57. The van der Waals surface area contributed by atoms with Crippen LogP contribution in [0, 0.1) is 6.92 Å². The van der Waals surface area contributed by atoms with E-state index in [0.717, 1.165) is 0 Å². The quantitative estimate of drug-likeness (QED) is 0.668. The van der Waals surface area contributed by atoms with Gasteiger partial charge in [-0.25, -0.2) is 0 Å². The van der Waals surface area contributed by atoms with Crippen LogP contribution in [0.1, 0.15) is 11.3 Å². The number of aromatic nitrogens is 1. The molecule has 14 heavy (non-hydrogen) atoms. The maximum Gasteiger partial charge on any atom is 0.431 e. The van der Waals surface area contributed by atoms with Crippen molar-refractivity contribution in [2.24, 2.45) is 0 Å². The number of rotatable bonds is 0. The van der Waals surface area contributed by atoms with Crippen LogP contribution in [0.25, 0.3) is 10.9 Å². The highest BCUT2D eigenvalue weighted by Crippen LogP contribution is 2.34. The van der Waals surface area contributed by atoms with Gasteiger partial charge in [0.2, 0.25) is 0 Å². The Morgan fingerprint density at radius 1 is 1.14 bits per heavy atom. The zero-order chi connectivity index (χ0) is 10.3. The van der Waals surface area contributed by atoms with Crippen molar-refractivity contribution >= 4 is 10.9 Å². The molecule has 1 nitrogen and oxygen atoms in total. The van der Waals surface area contributed by atoms with E-state index in [9.17, 15) is 13.2 Å². The van der Waals surface area contributed by atoms with Gasteiger partial charge in [-0.2, -0.15) is 13.2 Å². The predicted octanol–water partition coefficient (Wildman–Crippen LogP) is 3.50. The summed E-state index contributed by atoms with van der Waals surface area (Å²) in [6, 6.07) is 6.75. The second-order valence-electron chi connectivity index (χ2n) is 3.17. The van der Waals surface area contributed by atoms with Crippen molar-refractivity contribution in [3.8, 4) is 0 Å². The van der Waals surface area contributed by atoms with Gasteiger partial charge in [0.25, 0.3) is 0 Å². The topological polar surface area (TPSA) is 15.8 Å². The minimum absolute atomic E-state index is 0.258. The highest BCUT2D eigenvalue weighted by atomic mass is 19.4. The number of halogens is 3. The Labute approximate surface area is 78.5 Å². The number of hydrogen-bond acceptors (Lipinski definition) is 0. The molecule has 0 spiro atoms. The van der Waals surface area contributed by atoms with Gasteiger partial charge in [0.05, 0.1) is 0 Å². The van der Waals surface area contributed by atoms with Gasteiger partial charge in [-0.3, -0.25) is 0 Å². The van der Waals surface area contributed by atoms with Crippen LogP contribution >= 0.6 is 0 Å². The summed E-state index contributed by atoms with van der Waals surface area (Å²) in [4.78, 5) is 2.38. The van der Waals surface area contributed by atoms with Gasteiger partial charge in [0.15, 0.2) is 0 Å². The predicted molar refractivity (Wildman–Crippen MR) is 48.0 cm³/mol. The molecule has 74 valence electrons. The van der Waals surface area contributed by atoms with E-state index in [-0.39, 0.29) is 5.56 Å². The summed E-state index contributed by atoms with van der Waals surface area (Å²) >= 11 is 0. The lowest BCUT2D eigenvalue weighted by atomic mass is 10.1. The van der Waals surface area contributed by atoms with E-state index in [2.05, 4.69) is 4.98 Å². The zero-order valence-corrected chi connectivity index (χ0v) is 7.44. The molecule has 0 atom stereocenters. The second-order valence-corrected chi connectivity index (χ2v) is 3.17. The third kappa shape index (κ3) is 1.27. The van der Waals surface area contributed by atoms with E-state index < -0.39 is 11.9 Å². The standard InChI is InChI=1S/C10H8F3N/c1-6-7-4-2-3-5-8(7)14-9(6)10(11,12)13/h2-5,14H,1H3. The molecule has 0 fully saturated rings. The molecule has 0 unspecified atom stereocenters. The molecule has 0 aliphatic carbocycles. The molecule has 0 amide bonds. The molecule has 0 bridgehead atoms. The van der Waals surface area contributed by atoms with E-state index >= 15 is 0 Å². The number of para-hydroxylation sites is 1. The van der Waals surface area contributed by atoms with Gasteiger partial charge < -0.3 is 4.98 Å². The Morgan fingerprint density at radius 2 is 1.79 bits per heavy atom. The zero-order valence-electron chi connectivity index (χ0n) is 7.44. The number of fused-ring (bicyclic) bond motifs is 1. The van der Waals surface area contributed by atoms with Gasteiger partial charge in [0, 0.05) is 10.9 Å². The number of aryl methyl sites for hydroxylation is 1. The lowest BCUT2D eigenvalue weighted by molar-refractivity contribution is -0.141. The average molecular weight is 199 g/mol. The fraction of sp³-hybridized carbons (Fsp3) is 0.200. The first kappa shape index (κ1) is 9.12. The van der Waals surface area contributed by atoms with Gasteiger partial charge in [-0.05, 0) is 18.6 Å². The molecule has 0 saturated heterocycles. The summed E-state index contributed by atoms with van der Waals surface area (Å²) in [5.41, 5.74) is 0.129. The molecule has 4 heteroatoms. The van der Waals surface area contributed by atoms with Crippen LogP contribution in [0.5, 0.6) is 0 Å². The van der Waals surface area contributed by atoms with E-state index in [1.807, 2.05) is 0 Å². The summed E-state index contributed by atoms with van der Waals surface area (Å²) in [6.45, 7) is 1.47. The molecular formula is C10H8F3N. The Kier molecular flexibility index (Phi) is 1.80. The van der Waals surface area contributed by atoms with Crippen LogP contribution in [0.4, 0.5) is 13.2 Å². The molecule has 1 N–H and O–H groups in total. The third-order valence-corrected chi connectivity index (χ3v) is 2.25. The Morgan fingerprint density at radius 3 is 2.36 bits per heavy atom. The number of hydrogen-bond donors (Lipinski definition) is 1. The molecular weight excluding hydrogens is 191 g/mol. The molecule has 0 saturated carbocycles. The summed E-state index contributed by atoms with van der Waals surface area (Å²) in [5, 5.41) is 0.625. The van der Waals surface area contributed by atoms with Crippen molar-refractivity contribution in [1.82, 2.24) is 4.98 Å². The average Bonchev–Trinajstić information content (AvgIpc) is 2.44. The SMILES string of the molecule is Cc1c(C(F)(F)F)[nH]c2ccccc12. The van der Waals surface area contributed by atoms with Gasteiger partial charge in [0.1, 0.15) is 5.69 Å². The lowest BCUT2D eigenvalue weighted by Crippen LogP contribution is -2.06. The van der Waals surface area contributed by atoms with Crippen molar-refractivity contribution in [1.29, 1.82) is 0 Å². The van der Waals surface area contributed by atoms with Crippen molar-refractivity contribution < 1.29 is 13.2 Å². The van der Waals surface area contributed by atoms with Gasteiger partial charge in [-0.15, -0.1) is 0 Å². The smallest absolute Gasteiger partial charge is 0.351 e. The summed E-state index contributed by atoms with van der Waals surface area (Å²) in [7, 11) is 0. The van der Waals surface area contributed by atoms with Crippen molar-refractivity contribution in [2.75, 3.05) is 0 Å². The van der Waals surface area contributed by atoms with Crippen LogP contribution in [0.3, 0.4) is 0 Å². The summed E-state index contributed by atoms with van der Waals surface area (Å²) in [6.07, 6.45) is -4.30. The molecule has 2 aromatic rings. The molecule has 1 aromatic heterocycles. The van der Waals surface area contributed by atoms with Crippen LogP contribution in [-0.4, -0.2) is 4.98 Å². The van der Waals surface area contributed by atoms with Gasteiger partial charge in [-0.1, -0.05) is 18.2 Å². The fourth-order valence-electron chi connectivity index (χ4n) is 1.57. The number of H-pyrrole nitrogens is 1. The Hall–Kier alpha value is -1.45. The van der Waals surface area contributed by atoms with E-state index in [4.69, 9.17) is 0 Å². The first-order valence-electron chi connectivity index (χ1n) is 4.14. The van der Waals surface area contributed by atoms with Crippen LogP contribution in [0.15, 0.2) is 24.3 Å². The number of alkyl halides is 3. The van der Waals surface area contributed by atoms with E-state index in [0.29, 0.717) is 10.9 Å². The summed E-state index contributed by atoms with van der Waals surface area (Å²) in [5.74, 6) is 0. The van der Waals surface area contributed by atoms with E-state index in [1.165, 1.54) is 6.92 Å². The molecule has 1 aromatic carbocycles. The van der Waals surface area contributed by atoms with Crippen molar-refractivity contribution in [3.05, 3.63) is 35.5 Å². The number of nitrogens with one attached hydrogen (secondary N) is 1. The van der Waals surface area contributed by atoms with Crippen LogP contribution < -0.4 is 0 Å². The summed E-state index contributed by atoms with van der Waals surface area (Å²) < 4.78 is 37.4. The van der Waals surface area contributed by atoms with Gasteiger partial charge >= 0.3 is 6.18 Å². The third-order valence-electron chi connectivity index (χ3n) is 2.25. The molecule has 1 heterocycles. The molecule has 0 aliphatic heterocycles. The number of benzene rings is 1. The highest BCUT2D eigenvalue weighted by Gasteiger charge is 2.34. The minimum atomic E-state index is -4.30. The lowest BCUT2D eigenvalue weighted by Gasteiger charge is -2.04. The van der Waals surface area contributed by atoms with Crippen LogP contribution in [-0.2, 0) is 6.18 Å². The van der Waals surface area contributed by atoms with Crippen molar-refractivity contribution in [3.63, 3.8) is 0 Å². The highest BCUT2D eigenvalue weighted by molar-refractivity contribution is 5.84. The van der Waals surface area contributed by atoms with Crippen molar-refractivity contribution in [2.45, 2.75) is 13.1 Å². The maximum absolute atomic E-state index is 12.5. The normalized spacial score (nSPS) is 12.3. The second kappa shape index (κ2) is 2.77. The monoisotopic (exact) mass is 199 g/mol. The largest absolute Gasteiger partial charge is 0.431 e. The number of aromatic amines is 1. The first-order chi connectivity index (χ1) is 6.50. The first-order valence-corrected chi connectivity index (χ1v) is 4.14. The minimum Gasteiger partial charge on any atom is -0.351 e. The molecule has 0 aliphatic rings. The maximum atomic E-state index is 12.5. The van der Waals surface area contributed by atoms with E-state index in [1.54, 1.807) is 24.3 Å². The van der Waals surface area contributed by atoms with Crippen LogP contribution in [0.2, 0.25) is 0 Å². The molecule has 2 rings (SSSR count). The Bertz CT molecular complexity index is 468.